The molecule has 0 bridgehead atoms. The molecule has 0 amide bonds. The van der Waals surface area contributed by atoms with E-state index in [0.29, 0.717) is 0 Å². The van der Waals surface area contributed by atoms with Crippen molar-refractivity contribution in [2.24, 2.45) is 23.7 Å². The second-order valence-corrected chi connectivity index (χ2v) is 6.73. The monoisotopic (exact) mass is 256 g/mol. The van der Waals surface area contributed by atoms with Gasteiger partial charge in [0.25, 0.3) is 0 Å². The smallest absolute Gasteiger partial charge is 0.0420 e. The van der Waals surface area contributed by atoms with Crippen molar-refractivity contribution < 1.29 is 0 Å². The van der Waals surface area contributed by atoms with Gasteiger partial charge in [0.15, 0.2) is 0 Å². The Balaban J connectivity index is 0. The van der Waals surface area contributed by atoms with Crippen LogP contribution in [0.2, 0.25) is 0 Å². The van der Waals surface area contributed by atoms with Crippen molar-refractivity contribution in [2.45, 2.75) is 93.9 Å². The predicted molar refractivity (Wildman–Crippen MR) is 87.1 cm³/mol. The van der Waals surface area contributed by atoms with Crippen molar-refractivity contribution in [2.75, 3.05) is 0 Å². The van der Waals surface area contributed by atoms with E-state index in [1.807, 2.05) is 0 Å². The highest BCUT2D eigenvalue weighted by Gasteiger charge is 2.13. The van der Waals surface area contributed by atoms with E-state index in [0.717, 1.165) is 23.7 Å². The molecule has 1 aliphatic rings. The molecule has 18 heavy (non-hydrogen) atoms. The molecule has 0 heterocycles. The third kappa shape index (κ3) is 11.1. The van der Waals surface area contributed by atoms with Crippen molar-refractivity contribution in [3.8, 4) is 0 Å². The van der Waals surface area contributed by atoms with Crippen LogP contribution >= 0.6 is 0 Å². The number of rotatable bonds is 4. The van der Waals surface area contributed by atoms with E-state index in [1.54, 1.807) is 0 Å². The van der Waals surface area contributed by atoms with Crippen molar-refractivity contribution >= 4 is 0 Å². The zero-order valence-electron chi connectivity index (χ0n) is 13.3. The lowest BCUT2D eigenvalue weighted by Crippen LogP contribution is -2.08. The fraction of sp³-hybridized carbons (Fsp3) is 1.00. The Kier molecular flexibility index (Phi) is 13.6. The van der Waals surface area contributed by atoms with E-state index in [2.05, 4.69) is 41.5 Å². The lowest BCUT2D eigenvalue weighted by atomic mass is 9.84. The van der Waals surface area contributed by atoms with Crippen LogP contribution in [-0.2, 0) is 0 Å². The Morgan fingerprint density at radius 3 is 1.56 bits per heavy atom. The maximum atomic E-state index is 2.37. The van der Waals surface area contributed by atoms with E-state index < -0.39 is 0 Å². The summed E-state index contributed by atoms with van der Waals surface area (Å²) in [7, 11) is 0. The van der Waals surface area contributed by atoms with Gasteiger partial charge in [0.05, 0.1) is 0 Å². The van der Waals surface area contributed by atoms with Gasteiger partial charge in [-0.15, -0.1) is 0 Å². The predicted octanol–water partition coefficient (Wildman–Crippen LogP) is 6.94. The molecule has 1 aliphatic carbocycles. The third-order valence-electron chi connectivity index (χ3n) is 4.46. The molecule has 0 aliphatic heterocycles. The third-order valence-corrected chi connectivity index (χ3v) is 4.46. The molecule has 1 fully saturated rings. The van der Waals surface area contributed by atoms with Gasteiger partial charge in [-0.05, 0) is 23.7 Å². The summed E-state index contributed by atoms with van der Waals surface area (Å²) in [5.41, 5.74) is 0. The molecule has 1 rings (SSSR count). The molecule has 1 unspecified atom stereocenters. The molecule has 1 atom stereocenters. The topological polar surface area (TPSA) is 0 Å². The molecular formula is C18H40. The molecule has 1 saturated carbocycles. The highest BCUT2D eigenvalue weighted by atomic mass is 14.2. The molecule has 0 saturated heterocycles. The average molecular weight is 257 g/mol. The van der Waals surface area contributed by atoms with Gasteiger partial charge in [0.2, 0.25) is 0 Å². The second kappa shape index (κ2) is 12.1. The summed E-state index contributed by atoms with van der Waals surface area (Å²) in [5, 5.41) is 0. The molecule has 0 N–H and O–H groups in total. The summed E-state index contributed by atoms with van der Waals surface area (Å²) in [4.78, 5) is 0. The number of unbranched alkanes of at least 4 members (excludes halogenated alkanes) is 1. The summed E-state index contributed by atoms with van der Waals surface area (Å²) < 4.78 is 0. The van der Waals surface area contributed by atoms with Crippen molar-refractivity contribution in [1.29, 1.82) is 0 Å². The van der Waals surface area contributed by atoms with Crippen LogP contribution in [0.25, 0.3) is 0 Å². The minimum Gasteiger partial charge on any atom is -0.0776 e. The normalized spacial score (nSPS) is 24.8. The Labute approximate surface area is 118 Å². The van der Waals surface area contributed by atoms with Crippen molar-refractivity contribution in [3.05, 3.63) is 0 Å². The summed E-state index contributed by atoms with van der Waals surface area (Å²) >= 11 is 0. The molecule has 0 aromatic rings. The highest BCUT2D eigenvalue weighted by molar-refractivity contribution is 4.65. The van der Waals surface area contributed by atoms with Crippen LogP contribution in [0.3, 0.4) is 0 Å². The first-order valence-corrected chi connectivity index (χ1v) is 7.97. The van der Waals surface area contributed by atoms with E-state index in [1.165, 1.54) is 44.9 Å². The Bertz CT molecular complexity index is 141. The van der Waals surface area contributed by atoms with Gasteiger partial charge in [-0.3, -0.25) is 0 Å². The zero-order valence-corrected chi connectivity index (χ0v) is 13.3. The van der Waals surface area contributed by atoms with Gasteiger partial charge < -0.3 is 0 Å². The maximum Gasteiger partial charge on any atom is -0.0420 e. The van der Waals surface area contributed by atoms with Gasteiger partial charge in [-0.2, -0.15) is 0 Å². The standard InChI is InChI=1S/C9H20.C8H16.CH4/c1-5-6-7-9(4)8(2)3;1-7-3-5-8(2)6-4-7;/h8-9H,5-7H2,1-4H3;7-8H,3-6H2,1-2H3;1H4. The van der Waals surface area contributed by atoms with Gasteiger partial charge in [0, 0.05) is 0 Å². The lowest BCUT2D eigenvalue weighted by Gasteiger charge is -2.22. The lowest BCUT2D eigenvalue weighted by molar-refractivity contribution is 0.308. The van der Waals surface area contributed by atoms with E-state index in [4.69, 9.17) is 0 Å². The van der Waals surface area contributed by atoms with E-state index in [-0.39, 0.29) is 7.43 Å². The molecule has 0 spiro atoms. The van der Waals surface area contributed by atoms with Crippen LogP contribution < -0.4 is 0 Å². The van der Waals surface area contributed by atoms with Gasteiger partial charge in [0.1, 0.15) is 0 Å². The SMILES string of the molecule is C.CC1CCC(C)CC1.CCCCC(C)C(C)C. The second-order valence-electron chi connectivity index (χ2n) is 6.73. The molecule has 0 radical (unpaired) electrons. The first-order chi connectivity index (χ1) is 7.97. The average Bonchev–Trinajstić information content (AvgIpc) is 2.30. The summed E-state index contributed by atoms with van der Waals surface area (Å²) in [6.45, 7) is 14.0. The highest BCUT2D eigenvalue weighted by Crippen LogP contribution is 2.27. The van der Waals surface area contributed by atoms with Gasteiger partial charge in [-0.25, -0.2) is 0 Å². The minimum atomic E-state index is 0. The summed E-state index contributed by atoms with van der Waals surface area (Å²) in [6.07, 6.45) is 10.1. The fourth-order valence-electron chi connectivity index (χ4n) is 2.29. The largest absolute Gasteiger partial charge is 0.0776 e. The Morgan fingerprint density at radius 1 is 0.889 bits per heavy atom. The van der Waals surface area contributed by atoms with Crippen LogP contribution in [0.1, 0.15) is 93.9 Å². The fourth-order valence-corrected chi connectivity index (χ4v) is 2.29. The van der Waals surface area contributed by atoms with Crippen molar-refractivity contribution in [1.82, 2.24) is 0 Å². The van der Waals surface area contributed by atoms with Crippen LogP contribution in [0.4, 0.5) is 0 Å². The first-order valence-electron chi connectivity index (χ1n) is 7.97. The minimum absolute atomic E-state index is 0. The Hall–Kier alpha value is 0. The van der Waals surface area contributed by atoms with Gasteiger partial charge in [-0.1, -0.05) is 93.9 Å². The first kappa shape index (κ1) is 20.3. The number of hydrogen-bond acceptors (Lipinski definition) is 0. The quantitative estimate of drug-likeness (QED) is 0.511. The van der Waals surface area contributed by atoms with E-state index >= 15 is 0 Å². The molecule has 0 nitrogen and oxygen atoms in total. The number of hydrogen-bond donors (Lipinski definition) is 0. The molecule has 0 aromatic carbocycles. The maximum absolute atomic E-state index is 2.37. The Morgan fingerprint density at radius 2 is 1.28 bits per heavy atom. The summed E-state index contributed by atoms with van der Waals surface area (Å²) in [6, 6.07) is 0. The molecular weight excluding hydrogens is 216 g/mol. The van der Waals surface area contributed by atoms with Crippen molar-refractivity contribution in [3.63, 3.8) is 0 Å². The van der Waals surface area contributed by atoms with Crippen LogP contribution in [-0.4, -0.2) is 0 Å². The molecule has 0 heteroatoms. The molecule has 0 aromatic heterocycles. The van der Waals surface area contributed by atoms with Crippen LogP contribution in [0.15, 0.2) is 0 Å². The zero-order chi connectivity index (χ0) is 13.3. The van der Waals surface area contributed by atoms with Gasteiger partial charge >= 0.3 is 0 Å². The summed E-state index contributed by atoms with van der Waals surface area (Å²) in [5.74, 6) is 3.83. The van der Waals surface area contributed by atoms with Crippen LogP contribution in [0.5, 0.6) is 0 Å². The van der Waals surface area contributed by atoms with Crippen LogP contribution in [0, 0.1) is 23.7 Å². The molecule has 112 valence electrons. The van der Waals surface area contributed by atoms with E-state index in [9.17, 15) is 0 Å².